The second kappa shape index (κ2) is 7.02. The first-order valence-electron chi connectivity index (χ1n) is 13.3. The van der Waals surface area contributed by atoms with Crippen LogP contribution in [0.2, 0.25) is 0 Å². The molecule has 0 amide bonds. The van der Waals surface area contributed by atoms with Gasteiger partial charge in [0.1, 0.15) is 5.78 Å². The number of Topliss-reactive ketones (excluding diaryl/α,β-unsaturated/α-hetero) is 1. The minimum Gasteiger partial charge on any atom is -0.390 e. The molecule has 180 valence electrons. The van der Waals surface area contributed by atoms with Crippen molar-refractivity contribution in [2.45, 2.75) is 103 Å². The van der Waals surface area contributed by atoms with E-state index in [1.165, 1.54) is 12.8 Å². The third-order valence-electron chi connectivity index (χ3n) is 11.7. The largest absolute Gasteiger partial charge is 0.390 e. The molecule has 6 aliphatic rings. The molecule has 0 bridgehead atoms. The van der Waals surface area contributed by atoms with Gasteiger partial charge >= 0.3 is 0 Å². The Hall–Kier alpha value is -0.490. The van der Waals surface area contributed by atoms with Crippen LogP contribution in [0.3, 0.4) is 0 Å². The van der Waals surface area contributed by atoms with Crippen molar-refractivity contribution in [3.05, 3.63) is 0 Å². The van der Waals surface area contributed by atoms with Gasteiger partial charge in [-0.3, -0.25) is 4.79 Å². The summed E-state index contributed by atoms with van der Waals surface area (Å²) in [5.41, 5.74) is 0.00540. The zero-order valence-corrected chi connectivity index (χ0v) is 20.3. The Bertz CT molecular complexity index is 789. The normalized spacial score (nSPS) is 61.8. The first-order valence-corrected chi connectivity index (χ1v) is 13.3. The summed E-state index contributed by atoms with van der Waals surface area (Å²) in [7, 11) is 0. The van der Waals surface area contributed by atoms with Crippen LogP contribution in [0.1, 0.15) is 79.1 Å². The van der Waals surface area contributed by atoms with Gasteiger partial charge < -0.3 is 19.7 Å². The van der Waals surface area contributed by atoms with E-state index in [4.69, 9.17) is 9.47 Å². The molecule has 2 N–H and O–H groups in total. The molecular formula is C27H42O5. The van der Waals surface area contributed by atoms with Gasteiger partial charge in [-0.1, -0.05) is 27.7 Å². The molecule has 13 atom stereocenters. The number of ether oxygens (including phenoxy) is 2. The molecule has 32 heavy (non-hydrogen) atoms. The molecular weight excluding hydrogens is 404 g/mol. The molecule has 1 spiro atoms. The summed E-state index contributed by atoms with van der Waals surface area (Å²) in [6, 6.07) is 0. The van der Waals surface area contributed by atoms with Crippen LogP contribution < -0.4 is 0 Å². The number of hydrogen-bond donors (Lipinski definition) is 2. The van der Waals surface area contributed by atoms with Crippen molar-refractivity contribution in [2.24, 2.45) is 52.3 Å². The maximum absolute atomic E-state index is 13.4. The molecule has 2 saturated heterocycles. The summed E-state index contributed by atoms with van der Waals surface area (Å²) in [6.45, 7) is 10.2. The van der Waals surface area contributed by atoms with E-state index in [9.17, 15) is 15.0 Å². The van der Waals surface area contributed by atoms with Crippen molar-refractivity contribution in [1.29, 1.82) is 0 Å². The third-order valence-corrected chi connectivity index (χ3v) is 11.7. The summed E-state index contributed by atoms with van der Waals surface area (Å²) in [4.78, 5) is 13.4. The summed E-state index contributed by atoms with van der Waals surface area (Å²) >= 11 is 0. The van der Waals surface area contributed by atoms with Gasteiger partial charge in [0, 0.05) is 24.7 Å². The number of carbonyl (C=O) groups excluding carboxylic acids is 1. The monoisotopic (exact) mass is 446 g/mol. The molecule has 0 aromatic carbocycles. The molecule has 0 aromatic heterocycles. The maximum Gasteiger partial charge on any atom is 0.171 e. The Kier molecular flexibility index (Phi) is 4.83. The highest BCUT2D eigenvalue weighted by Crippen LogP contribution is 2.71. The fourth-order valence-corrected chi connectivity index (χ4v) is 10.1. The number of hydrogen-bond acceptors (Lipinski definition) is 5. The molecule has 0 radical (unpaired) electrons. The number of carbonyl (C=O) groups is 1. The second-order valence-electron chi connectivity index (χ2n) is 13.2. The topological polar surface area (TPSA) is 76.0 Å². The minimum atomic E-state index is -0.753. The first kappa shape index (κ1) is 22.0. The molecule has 4 aliphatic carbocycles. The highest BCUT2D eigenvalue weighted by atomic mass is 16.7. The Morgan fingerprint density at radius 3 is 2.47 bits per heavy atom. The molecule has 2 heterocycles. The van der Waals surface area contributed by atoms with Gasteiger partial charge in [0.2, 0.25) is 0 Å². The van der Waals surface area contributed by atoms with Crippen LogP contribution in [0.15, 0.2) is 0 Å². The van der Waals surface area contributed by atoms with Crippen LogP contribution in [0, 0.1) is 52.3 Å². The summed E-state index contributed by atoms with van der Waals surface area (Å²) in [6.07, 6.45) is 5.97. The molecule has 6 rings (SSSR count). The quantitative estimate of drug-likeness (QED) is 0.589. The lowest BCUT2D eigenvalue weighted by atomic mass is 9.44. The van der Waals surface area contributed by atoms with Gasteiger partial charge in [0.05, 0.1) is 24.9 Å². The first-order chi connectivity index (χ1) is 15.1. The standard InChI is InChI=1S/C27H42O5/c1-14-5-8-27(31-13-14)15(2)24-23(32-27)11-18-16-9-20(28)19-10-21(29)22(30)12-26(19,4)17(16)6-7-25(18,24)3/h14-19,21-24,29-30H,5-13H2,1-4H3/t14-,15+,16-,17+,18+,19-,21+,22-,23+,24+,25+,26-,27-/m1/s1. The highest BCUT2D eigenvalue weighted by Gasteiger charge is 2.70. The fraction of sp³-hybridized carbons (Fsp3) is 0.963. The molecule has 2 aliphatic heterocycles. The molecule has 5 heteroatoms. The van der Waals surface area contributed by atoms with E-state index >= 15 is 0 Å². The van der Waals surface area contributed by atoms with Gasteiger partial charge in [-0.25, -0.2) is 0 Å². The zero-order chi connectivity index (χ0) is 22.6. The number of aliphatic hydroxyl groups is 2. The van der Waals surface area contributed by atoms with Crippen molar-refractivity contribution >= 4 is 5.78 Å². The Morgan fingerprint density at radius 2 is 1.75 bits per heavy atom. The van der Waals surface area contributed by atoms with Gasteiger partial charge in [-0.2, -0.15) is 0 Å². The predicted molar refractivity (Wildman–Crippen MR) is 120 cm³/mol. The second-order valence-corrected chi connectivity index (χ2v) is 13.2. The van der Waals surface area contributed by atoms with Crippen LogP contribution in [0.25, 0.3) is 0 Å². The molecule has 0 aromatic rings. The molecule has 5 nitrogen and oxygen atoms in total. The smallest absolute Gasteiger partial charge is 0.171 e. The number of rotatable bonds is 0. The minimum absolute atomic E-state index is 0.0940. The van der Waals surface area contributed by atoms with Crippen LogP contribution in [0.5, 0.6) is 0 Å². The SMILES string of the molecule is C[C@@H]1CC[C@@]2(OC1)O[C@H]1C[C@H]3[C@@H]4CC(=O)[C@H]5C[C@H](O)[C@H](O)C[C@]5(C)[C@H]4CC[C@]3(C)[C@H]1[C@@H]2C. The molecule has 4 saturated carbocycles. The van der Waals surface area contributed by atoms with E-state index in [0.29, 0.717) is 60.6 Å². The summed E-state index contributed by atoms with van der Waals surface area (Å²) in [5.74, 6) is 2.69. The van der Waals surface area contributed by atoms with E-state index in [1.807, 2.05) is 0 Å². The van der Waals surface area contributed by atoms with Crippen molar-refractivity contribution in [3.63, 3.8) is 0 Å². The van der Waals surface area contributed by atoms with Gasteiger partial charge in [-0.05, 0) is 78.9 Å². The third kappa shape index (κ3) is 2.74. The summed E-state index contributed by atoms with van der Waals surface area (Å²) in [5, 5.41) is 20.8. The van der Waals surface area contributed by atoms with Gasteiger partial charge in [0.25, 0.3) is 0 Å². The van der Waals surface area contributed by atoms with Crippen molar-refractivity contribution in [1.82, 2.24) is 0 Å². The van der Waals surface area contributed by atoms with E-state index in [2.05, 4.69) is 27.7 Å². The molecule has 6 fully saturated rings. The van der Waals surface area contributed by atoms with Crippen LogP contribution >= 0.6 is 0 Å². The van der Waals surface area contributed by atoms with Crippen LogP contribution in [-0.2, 0) is 14.3 Å². The lowest BCUT2D eigenvalue weighted by Gasteiger charge is -2.61. The average Bonchev–Trinajstić information content (AvgIpc) is 3.18. The molecule has 0 unspecified atom stereocenters. The number of fused-ring (bicyclic) bond motifs is 7. The predicted octanol–water partition coefficient (Wildman–Crippen LogP) is 3.94. The lowest BCUT2D eigenvalue weighted by molar-refractivity contribution is -0.273. The zero-order valence-electron chi connectivity index (χ0n) is 20.3. The Balaban J connectivity index is 1.29. The maximum atomic E-state index is 13.4. The van der Waals surface area contributed by atoms with Gasteiger partial charge in [-0.15, -0.1) is 0 Å². The Morgan fingerprint density at radius 1 is 0.969 bits per heavy atom. The van der Waals surface area contributed by atoms with Crippen LogP contribution in [0.4, 0.5) is 0 Å². The van der Waals surface area contributed by atoms with Crippen molar-refractivity contribution in [2.75, 3.05) is 6.61 Å². The lowest BCUT2D eigenvalue weighted by Crippen LogP contribution is -2.59. The summed E-state index contributed by atoms with van der Waals surface area (Å²) < 4.78 is 13.2. The van der Waals surface area contributed by atoms with Crippen LogP contribution in [-0.4, -0.2) is 46.7 Å². The van der Waals surface area contributed by atoms with E-state index < -0.39 is 18.0 Å². The highest BCUT2D eigenvalue weighted by molar-refractivity contribution is 5.83. The number of ketones is 1. The van der Waals surface area contributed by atoms with Crippen molar-refractivity contribution in [3.8, 4) is 0 Å². The number of aliphatic hydroxyl groups excluding tert-OH is 2. The van der Waals surface area contributed by atoms with Gasteiger partial charge in [0.15, 0.2) is 5.79 Å². The average molecular weight is 447 g/mol. The van der Waals surface area contributed by atoms with E-state index in [-0.39, 0.29) is 22.9 Å². The van der Waals surface area contributed by atoms with E-state index in [0.717, 1.165) is 25.9 Å². The fourth-order valence-electron chi connectivity index (χ4n) is 10.1. The Labute approximate surface area is 192 Å². The van der Waals surface area contributed by atoms with Crippen molar-refractivity contribution < 1.29 is 24.5 Å². The van der Waals surface area contributed by atoms with E-state index in [1.54, 1.807) is 0 Å².